The number of aliphatic hydroxyl groups is 1. The minimum Gasteiger partial charge on any atom is -0.397 e. The molecular weight excluding hydrogens is 410 g/mol. The molecule has 1 atom stereocenters. The number of hydrogen-bond donors (Lipinski definition) is 4. The van der Waals surface area contributed by atoms with Gasteiger partial charge in [0.1, 0.15) is 11.5 Å². The van der Waals surface area contributed by atoms with E-state index in [0.29, 0.717) is 18.9 Å². The molecule has 0 bridgehead atoms. The SMILES string of the molecule is C[C@H](CO)NC(=O)c1cc(N2CCC(c3ccc(N)c(C(N)=O)n3)CC2)nc(Cl)n1. The van der Waals surface area contributed by atoms with Crippen molar-refractivity contribution < 1.29 is 14.7 Å². The Hall–Kier alpha value is -2.98. The smallest absolute Gasteiger partial charge is 0.270 e. The third kappa shape index (κ3) is 4.95. The molecule has 30 heavy (non-hydrogen) atoms. The third-order valence-corrected chi connectivity index (χ3v) is 5.16. The van der Waals surface area contributed by atoms with Gasteiger partial charge in [-0.2, -0.15) is 0 Å². The molecule has 11 heteroatoms. The van der Waals surface area contributed by atoms with Gasteiger partial charge in [0.15, 0.2) is 5.69 Å². The van der Waals surface area contributed by atoms with Gasteiger partial charge in [0.2, 0.25) is 5.28 Å². The Balaban J connectivity index is 1.71. The van der Waals surface area contributed by atoms with Gasteiger partial charge < -0.3 is 26.8 Å². The molecule has 0 spiro atoms. The topological polar surface area (TPSA) is 160 Å². The molecule has 1 fully saturated rings. The molecule has 2 amide bonds. The first-order valence-electron chi connectivity index (χ1n) is 9.56. The predicted octanol–water partition coefficient (Wildman–Crippen LogP) is 0.701. The predicted molar refractivity (Wildman–Crippen MR) is 112 cm³/mol. The Labute approximate surface area is 178 Å². The Morgan fingerprint density at radius 3 is 2.63 bits per heavy atom. The van der Waals surface area contributed by atoms with Crippen LogP contribution >= 0.6 is 11.6 Å². The zero-order valence-corrected chi connectivity index (χ0v) is 17.3. The van der Waals surface area contributed by atoms with Crippen molar-refractivity contribution in [1.82, 2.24) is 20.3 Å². The Kier molecular flexibility index (Phi) is 6.68. The molecule has 0 aromatic carbocycles. The van der Waals surface area contributed by atoms with Crippen LogP contribution in [0.4, 0.5) is 11.5 Å². The van der Waals surface area contributed by atoms with E-state index in [1.807, 2.05) is 11.0 Å². The van der Waals surface area contributed by atoms with Crippen LogP contribution < -0.4 is 21.7 Å². The van der Waals surface area contributed by atoms with Gasteiger partial charge in [0.25, 0.3) is 11.8 Å². The molecule has 0 saturated carbocycles. The quantitative estimate of drug-likeness (QED) is 0.484. The lowest BCUT2D eigenvalue weighted by Crippen LogP contribution is -2.36. The number of halogens is 1. The minimum absolute atomic E-state index is 0.0253. The van der Waals surface area contributed by atoms with Crippen LogP contribution in [-0.4, -0.2) is 57.6 Å². The number of nitrogens with zero attached hydrogens (tertiary/aromatic N) is 4. The fraction of sp³-hybridized carbons (Fsp3) is 0.421. The van der Waals surface area contributed by atoms with Crippen LogP contribution in [0.5, 0.6) is 0 Å². The highest BCUT2D eigenvalue weighted by molar-refractivity contribution is 6.28. The second-order valence-corrected chi connectivity index (χ2v) is 7.58. The molecule has 10 nitrogen and oxygen atoms in total. The standard InChI is InChI=1S/C19H24ClN7O3/c1-10(9-28)23-18(30)14-8-15(26-19(20)25-14)27-6-4-11(5-7-27)13-3-2-12(21)16(24-13)17(22)29/h2-3,8,10-11,28H,4-7,9,21H2,1H3,(H2,22,29)(H,23,30)/t10-/m1/s1. The third-order valence-electron chi connectivity index (χ3n) is 4.99. The number of primary amides is 1. The van der Waals surface area contributed by atoms with E-state index in [1.54, 1.807) is 19.1 Å². The summed E-state index contributed by atoms with van der Waals surface area (Å²) in [5.74, 6) is -0.380. The van der Waals surface area contributed by atoms with E-state index in [0.717, 1.165) is 18.5 Å². The lowest BCUT2D eigenvalue weighted by atomic mass is 9.92. The highest BCUT2D eigenvalue weighted by Gasteiger charge is 2.25. The summed E-state index contributed by atoms with van der Waals surface area (Å²) in [4.78, 5) is 38.4. The number of carbonyl (C=O) groups is 2. The van der Waals surface area contributed by atoms with Gasteiger partial charge in [-0.05, 0) is 43.5 Å². The average Bonchev–Trinajstić information content (AvgIpc) is 2.73. The van der Waals surface area contributed by atoms with Gasteiger partial charge in [0.05, 0.1) is 12.3 Å². The van der Waals surface area contributed by atoms with E-state index in [4.69, 9.17) is 28.2 Å². The number of carbonyl (C=O) groups excluding carboxylic acids is 2. The summed E-state index contributed by atoms with van der Waals surface area (Å²) >= 11 is 6.03. The number of pyridine rings is 1. The molecule has 0 radical (unpaired) electrons. The molecule has 160 valence electrons. The van der Waals surface area contributed by atoms with Gasteiger partial charge in [0, 0.05) is 36.8 Å². The van der Waals surface area contributed by atoms with E-state index in [-0.39, 0.29) is 34.9 Å². The van der Waals surface area contributed by atoms with Crippen LogP contribution in [0.2, 0.25) is 5.28 Å². The number of aromatic nitrogens is 3. The number of hydrogen-bond acceptors (Lipinski definition) is 8. The van der Waals surface area contributed by atoms with Crippen molar-refractivity contribution in [2.24, 2.45) is 5.73 Å². The van der Waals surface area contributed by atoms with E-state index in [2.05, 4.69) is 20.3 Å². The second kappa shape index (κ2) is 9.23. The van der Waals surface area contributed by atoms with E-state index in [1.165, 1.54) is 0 Å². The van der Waals surface area contributed by atoms with Crippen LogP contribution in [-0.2, 0) is 0 Å². The number of anilines is 2. The summed E-state index contributed by atoms with van der Waals surface area (Å²) in [6.45, 7) is 2.82. The molecule has 6 N–H and O–H groups in total. The monoisotopic (exact) mass is 433 g/mol. The van der Waals surface area contributed by atoms with Gasteiger partial charge >= 0.3 is 0 Å². The highest BCUT2D eigenvalue weighted by Crippen LogP contribution is 2.30. The Morgan fingerprint density at radius 1 is 1.30 bits per heavy atom. The first-order chi connectivity index (χ1) is 14.3. The van der Waals surface area contributed by atoms with E-state index >= 15 is 0 Å². The van der Waals surface area contributed by atoms with E-state index in [9.17, 15) is 9.59 Å². The number of piperidine rings is 1. The number of rotatable bonds is 6. The summed E-state index contributed by atoms with van der Waals surface area (Å²) in [6, 6.07) is 4.65. The molecular formula is C19H24ClN7O3. The van der Waals surface area contributed by atoms with Gasteiger partial charge in [-0.15, -0.1) is 0 Å². The van der Waals surface area contributed by atoms with Crippen LogP contribution in [0.3, 0.4) is 0 Å². The second-order valence-electron chi connectivity index (χ2n) is 7.24. The van der Waals surface area contributed by atoms with Crippen molar-refractivity contribution in [3.63, 3.8) is 0 Å². The number of nitrogens with one attached hydrogen (secondary N) is 1. The first-order valence-corrected chi connectivity index (χ1v) is 9.93. The summed E-state index contributed by atoms with van der Waals surface area (Å²) in [5.41, 5.74) is 12.4. The van der Waals surface area contributed by atoms with Crippen molar-refractivity contribution in [1.29, 1.82) is 0 Å². The Bertz CT molecular complexity index is 948. The molecule has 1 aliphatic rings. The molecule has 1 aliphatic heterocycles. The molecule has 2 aromatic rings. The van der Waals surface area contributed by atoms with Crippen molar-refractivity contribution in [3.05, 3.63) is 40.6 Å². The lowest BCUT2D eigenvalue weighted by Gasteiger charge is -2.32. The fourth-order valence-electron chi connectivity index (χ4n) is 3.34. The molecule has 0 aliphatic carbocycles. The normalized spacial score (nSPS) is 15.6. The largest absolute Gasteiger partial charge is 0.397 e. The van der Waals surface area contributed by atoms with E-state index < -0.39 is 17.9 Å². The maximum Gasteiger partial charge on any atom is 0.270 e. The Morgan fingerprint density at radius 2 is 2.00 bits per heavy atom. The maximum absolute atomic E-state index is 12.3. The molecule has 1 saturated heterocycles. The van der Waals surface area contributed by atoms with Crippen LogP contribution in [0.15, 0.2) is 18.2 Å². The minimum atomic E-state index is -0.649. The number of nitrogen functional groups attached to an aromatic ring is 1. The van der Waals surface area contributed by atoms with Gasteiger partial charge in [-0.1, -0.05) is 0 Å². The molecule has 3 heterocycles. The van der Waals surface area contributed by atoms with Crippen LogP contribution in [0.25, 0.3) is 0 Å². The van der Waals surface area contributed by atoms with Crippen molar-refractivity contribution in [3.8, 4) is 0 Å². The van der Waals surface area contributed by atoms with Crippen molar-refractivity contribution >= 4 is 34.9 Å². The summed E-state index contributed by atoms with van der Waals surface area (Å²) in [5, 5.41) is 11.7. The number of nitrogens with two attached hydrogens (primary N) is 2. The summed E-state index contributed by atoms with van der Waals surface area (Å²) in [6.07, 6.45) is 1.53. The number of aliphatic hydroxyl groups excluding tert-OH is 1. The van der Waals surface area contributed by atoms with Gasteiger partial charge in [-0.25, -0.2) is 15.0 Å². The molecule has 3 rings (SSSR count). The molecule has 0 unspecified atom stereocenters. The lowest BCUT2D eigenvalue weighted by molar-refractivity contribution is 0.0916. The fourth-order valence-corrected chi connectivity index (χ4v) is 3.52. The maximum atomic E-state index is 12.3. The highest BCUT2D eigenvalue weighted by atomic mass is 35.5. The summed E-state index contributed by atoms with van der Waals surface area (Å²) < 4.78 is 0. The zero-order valence-electron chi connectivity index (χ0n) is 16.5. The van der Waals surface area contributed by atoms with Crippen molar-refractivity contribution in [2.75, 3.05) is 30.3 Å². The zero-order chi connectivity index (χ0) is 21.8. The number of amides is 2. The van der Waals surface area contributed by atoms with Crippen LogP contribution in [0, 0.1) is 0 Å². The first kappa shape index (κ1) is 21.7. The molecule has 2 aromatic heterocycles. The van der Waals surface area contributed by atoms with Crippen LogP contribution in [0.1, 0.15) is 52.4 Å². The average molecular weight is 434 g/mol. The van der Waals surface area contributed by atoms with Gasteiger partial charge in [-0.3, -0.25) is 9.59 Å². The van der Waals surface area contributed by atoms with Crippen molar-refractivity contribution in [2.45, 2.75) is 31.7 Å². The summed E-state index contributed by atoms with van der Waals surface area (Å²) in [7, 11) is 0.